The molecule has 0 aliphatic carbocycles. The molecule has 4 aromatic rings. The molecule has 0 aliphatic heterocycles. The van der Waals surface area contributed by atoms with Gasteiger partial charge in [0, 0.05) is 24.6 Å². The number of aromatic nitrogens is 5. The van der Waals surface area contributed by atoms with Crippen molar-refractivity contribution >= 4 is 17.3 Å². The molecule has 0 saturated heterocycles. The van der Waals surface area contributed by atoms with E-state index in [1.54, 1.807) is 41.8 Å². The van der Waals surface area contributed by atoms with Gasteiger partial charge in [0.25, 0.3) is 5.89 Å². The lowest BCUT2D eigenvalue weighted by atomic mass is 10.1. The second kappa shape index (κ2) is 8.01. The second-order valence-corrected chi connectivity index (χ2v) is 6.44. The fourth-order valence-corrected chi connectivity index (χ4v) is 2.92. The van der Waals surface area contributed by atoms with Gasteiger partial charge in [-0.25, -0.2) is 0 Å². The Labute approximate surface area is 165 Å². The predicted molar refractivity (Wildman–Crippen MR) is 103 cm³/mol. The van der Waals surface area contributed by atoms with Crippen LogP contribution in [0.5, 0.6) is 0 Å². The van der Waals surface area contributed by atoms with Crippen molar-refractivity contribution in [2.75, 3.05) is 0 Å². The summed E-state index contributed by atoms with van der Waals surface area (Å²) in [5.41, 5.74) is 1.82. The molecule has 0 saturated carbocycles. The molecule has 0 aliphatic rings. The van der Waals surface area contributed by atoms with E-state index in [1.165, 1.54) is 0 Å². The number of carbonyl (C=O) groups excluding carboxylic acids is 2. The molecule has 1 aromatic carbocycles. The number of hydrogen-bond donors (Lipinski definition) is 1. The monoisotopic (exact) mass is 390 g/mol. The van der Waals surface area contributed by atoms with Gasteiger partial charge >= 0.3 is 0 Å². The Kier molecular flexibility index (Phi) is 5.10. The van der Waals surface area contributed by atoms with Crippen molar-refractivity contribution in [2.24, 2.45) is 0 Å². The van der Waals surface area contributed by atoms with Crippen LogP contribution in [0.15, 0.2) is 53.2 Å². The molecule has 0 atom stereocenters. The normalized spacial score (nSPS) is 10.9. The molecule has 0 radical (unpaired) electrons. The molecule has 1 amide bonds. The third kappa shape index (κ3) is 4.03. The maximum atomic E-state index is 12.1. The first-order valence-electron chi connectivity index (χ1n) is 9.10. The van der Waals surface area contributed by atoms with Gasteiger partial charge in [-0.3, -0.25) is 14.0 Å². The van der Waals surface area contributed by atoms with Gasteiger partial charge in [0.1, 0.15) is 0 Å². The highest BCUT2D eigenvalue weighted by Gasteiger charge is 2.16. The lowest BCUT2D eigenvalue weighted by Crippen LogP contribution is -2.24. The first kappa shape index (κ1) is 18.5. The van der Waals surface area contributed by atoms with E-state index in [1.807, 2.05) is 18.2 Å². The summed E-state index contributed by atoms with van der Waals surface area (Å²) in [5, 5.41) is 14.9. The van der Waals surface area contributed by atoms with Crippen LogP contribution in [0.3, 0.4) is 0 Å². The van der Waals surface area contributed by atoms with E-state index in [0.717, 1.165) is 0 Å². The molecule has 146 valence electrons. The minimum Gasteiger partial charge on any atom is -0.349 e. The summed E-state index contributed by atoms with van der Waals surface area (Å²) in [5.74, 6) is 1.15. The summed E-state index contributed by atoms with van der Waals surface area (Å²) in [4.78, 5) is 28.5. The molecular formula is C20H18N6O3. The van der Waals surface area contributed by atoms with Crippen LogP contribution in [0, 0.1) is 6.92 Å². The van der Waals surface area contributed by atoms with E-state index in [9.17, 15) is 9.59 Å². The van der Waals surface area contributed by atoms with E-state index < -0.39 is 0 Å². The van der Waals surface area contributed by atoms with Crippen molar-refractivity contribution in [1.29, 1.82) is 0 Å². The maximum absolute atomic E-state index is 12.1. The van der Waals surface area contributed by atoms with Gasteiger partial charge in [-0.05, 0) is 19.1 Å². The zero-order chi connectivity index (χ0) is 20.2. The molecule has 29 heavy (non-hydrogen) atoms. The van der Waals surface area contributed by atoms with Gasteiger partial charge in [-0.1, -0.05) is 35.5 Å². The number of pyridine rings is 1. The first-order chi connectivity index (χ1) is 14.1. The van der Waals surface area contributed by atoms with E-state index in [-0.39, 0.29) is 31.1 Å². The van der Waals surface area contributed by atoms with E-state index >= 15 is 0 Å². The molecule has 0 fully saturated rings. The SMILES string of the molecule is Cc1noc(-c2cccn3c(CNC(=O)CCC(=O)c4ccccc4)nnc23)n1. The molecular weight excluding hydrogens is 372 g/mol. The van der Waals surface area contributed by atoms with Gasteiger partial charge in [-0.2, -0.15) is 4.98 Å². The van der Waals surface area contributed by atoms with Crippen molar-refractivity contribution in [2.45, 2.75) is 26.3 Å². The number of Topliss-reactive ketones (excluding diaryl/α,β-unsaturated/α-hetero) is 1. The van der Waals surface area contributed by atoms with Crippen LogP contribution >= 0.6 is 0 Å². The number of aryl methyl sites for hydroxylation is 1. The topological polar surface area (TPSA) is 115 Å². The third-order valence-electron chi connectivity index (χ3n) is 4.38. The van der Waals surface area contributed by atoms with Crippen molar-refractivity contribution in [3.63, 3.8) is 0 Å². The number of rotatable bonds is 7. The third-order valence-corrected chi connectivity index (χ3v) is 4.38. The van der Waals surface area contributed by atoms with Gasteiger partial charge in [0.15, 0.2) is 23.1 Å². The van der Waals surface area contributed by atoms with Crippen LogP contribution in [0.2, 0.25) is 0 Å². The van der Waals surface area contributed by atoms with Crippen LogP contribution in [0.4, 0.5) is 0 Å². The molecule has 1 N–H and O–H groups in total. The first-order valence-corrected chi connectivity index (χ1v) is 9.10. The van der Waals surface area contributed by atoms with E-state index in [4.69, 9.17) is 4.52 Å². The molecule has 9 nitrogen and oxygen atoms in total. The van der Waals surface area contributed by atoms with Crippen LogP contribution in [-0.2, 0) is 11.3 Å². The molecule has 9 heteroatoms. The second-order valence-electron chi connectivity index (χ2n) is 6.44. The highest BCUT2D eigenvalue weighted by atomic mass is 16.5. The fraction of sp³-hybridized carbons (Fsp3) is 0.200. The van der Waals surface area contributed by atoms with Crippen LogP contribution in [0.25, 0.3) is 17.1 Å². The largest absolute Gasteiger partial charge is 0.349 e. The number of hydrogen-bond acceptors (Lipinski definition) is 7. The van der Waals surface area contributed by atoms with E-state index in [0.29, 0.717) is 34.3 Å². The van der Waals surface area contributed by atoms with E-state index in [2.05, 4.69) is 25.7 Å². The quantitative estimate of drug-likeness (QED) is 0.482. The minimum absolute atomic E-state index is 0.0619. The number of carbonyl (C=O) groups is 2. The van der Waals surface area contributed by atoms with Gasteiger partial charge in [0.05, 0.1) is 12.1 Å². The highest BCUT2D eigenvalue weighted by Crippen LogP contribution is 2.22. The average molecular weight is 390 g/mol. The molecule has 0 bridgehead atoms. The molecule has 0 spiro atoms. The standard InChI is InChI=1S/C20H18N6O3/c1-13-22-20(29-25-13)15-8-5-11-26-17(23-24-19(15)26)12-21-18(28)10-9-16(27)14-6-3-2-4-7-14/h2-8,11H,9-10,12H2,1H3,(H,21,28). The molecule has 3 heterocycles. The Morgan fingerprint density at radius 1 is 1.07 bits per heavy atom. The Bertz CT molecular complexity index is 1170. The van der Waals surface area contributed by atoms with Crippen LogP contribution < -0.4 is 5.32 Å². The Morgan fingerprint density at radius 3 is 2.66 bits per heavy atom. The molecule has 3 aromatic heterocycles. The number of benzene rings is 1. The fourth-order valence-electron chi connectivity index (χ4n) is 2.92. The van der Waals surface area contributed by atoms with Gasteiger partial charge in [-0.15, -0.1) is 10.2 Å². The summed E-state index contributed by atoms with van der Waals surface area (Å²) in [7, 11) is 0. The van der Waals surface area contributed by atoms with Crippen molar-refractivity contribution in [1.82, 2.24) is 30.1 Å². The number of ketones is 1. The summed E-state index contributed by atoms with van der Waals surface area (Å²) in [6.45, 7) is 1.92. The summed E-state index contributed by atoms with van der Waals surface area (Å²) in [6, 6.07) is 12.6. The Morgan fingerprint density at radius 2 is 1.90 bits per heavy atom. The average Bonchev–Trinajstić information content (AvgIpc) is 3.37. The van der Waals surface area contributed by atoms with Crippen molar-refractivity contribution < 1.29 is 14.1 Å². The summed E-state index contributed by atoms with van der Waals surface area (Å²) < 4.78 is 6.97. The zero-order valence-corrected chi connectivity index (χ0v) is 15.7. The lowest BCUT2D eigenvalue weighted by Gasteiger charge is -2.05. The number of fused-ring (bicyclic) bond motifs is 1. The molecule has 0 unspecified atom stereocenters. The zero-order valence-electron chi connectivity index (χ0n) is 15.7. The number of nitrogens with one attached hydrogen (secondary N) is 1. The lowest BCUT2D eigenvalue weighted by molar-refractivity contribution is -0.121. The Balaban J connectivity index is 1.40. The number of nitrogens with zero attached hydrogens (tertiary/aromatic N) is 5. The summed E-state index contributed by atoms with van der Waals surface area (Å²) in [6.07, 6.45) is 2.05. The Hall–Kier alpha value is -3.88. The van der Waals surface area contributed by atoms with Crippen LogP contribution in [0.1, 0.15) is 34.8 Å². The maximum Gasteiger partial charge on any atom is 0.261 e. The van der Waals surface area contributed by atoms with Gasteiger partial charge < -0.3 is 9.84 Å². The predicted octanol–water partition coefficient (Wildman–Crippen LogP) is 2.37. The minimum atomic E-state index is -0.227. The van der Waals surface area contributed by atoms with Crippen molar-refractivity contribution in [3.8, 4) is 11.5 Å². The van der Waals surface area contributed by atoms with Crippen LogP contribution in [-0.4, -0.2) is 36.4 Å². The smallest absolute Gasteiger partial charge is 0.261 e. The highest BCUT2D eigenvalue weighted by molar-refractivity contribution is 5.97. The summed E-state index contributed by atoms with van der Waals surface area (Å²) >= 11 is 0. The van der Waals surface area contributed by atoms with Crippen molar-refractivity contribution in [3.05, 3.63) is 65.9 Å². The molecule has 4 rings (SSSR count). The van der Waals surface area contributed by atoms with Gasteiger partial charge in [0.2, 0.25) is 5.91 Å². The number of amides is 1.